The average Bonchev–Trinajstić information content (AvgIpc) is 2.69. The third-order valence-electron chi connectivity index (χ3n) is 5.42. The second kappa shape index (κ2) is 7.42. The van der Waals surface area contributed by atoms with Gasteiger partial charge in [-0.2, -0.15) is 0 Å². The van der Waals surface area contributed by atoms with Gasteiger partial charge in [0.25, 0.3) is 5.69 Å². The van der Waals surface area contributed by atoms with Crippen molar-refractivity contribution < 1.29 is 14.5 Å². The molecule has 144 valence electrons. The van der Waals surface area contributed by atoms with Crippen LogP contribution in [0.25, 0.3) is 0 Å². The third-order valence-corrected chi connectivity index (χ3v) is 5.42. The van der Waals surface area contributed by atoms with E-state index in [0.29, 0.717) is 12.1 Å². The summed E-state index contributed by atoms with van der Waals surface area (Å²) < 4.78 is 0. The Morgan fingerprint density at radius 1 is 1.00 bits per heavy atom. The zero-order valence-electron chi connectivity index (χ0n) is 15.4. The van der Waals surface area contributed by atoms with Crippen LogP contribution in [0.15, 0.2) is 42.5 Å². The number of hydrogen-bond donors (Lipinski definition) is 1. The Morgan fingerprint density at radius 3 is 2.50 bits per heavy atom. The van der Waals surface area contributed by atoms with Crippen molar-refractivity contribution in [3.05, 3.63) is 63.7 Å². The standard InChI is InChI=1S/C21H21N3O4/c25-20-9-4-10-21(26)23(20)15-11-12-18(19(13-15)24(27)28)22-17-8-3-6-14-5-1-2-7-16(14)17/h1-2,5,7,11-13,17,22H,3-4,6,8-10H2. The van der Waals surface area contributed by atoms with Crippen LogP contribution in [-0.2, 0) is 16.0 Å². The molecule has 0 aromatic heterocycles. The van der Waals surface area contributed by atoms with Crippen molar-refractivity contribution in [2.45, 2.75) is 44.6 Å². The van der Waals surface area contributed by atoms with Crippen molar-refractivity contribution in [1.82, 2.24) is 0 Å². The molecule has 2 amide bonds. The second-order valence-corrected chi connectivity index (χ2v) is 7.22. The van der Waals surface area contributed by atoms with Crippen LogP contribution < -0.4 is 10.2 Å². The number of hydrogen-bond acceptors (Lipinski definition) is 5. The van der Waals surface area contributed by atoms with E-state index in [2.05, 4.69) is 17.4 Å². The molecule has 7 nitrogen and oxygen atoms in total. The number of benzene rings is 2. The Bertz CT molecular complexity index is 940. The van der Waals surface area contributed by atoms with Crippen LogP contribution in [0.5, 0.6) is 0 Å². The Kier molecular flexibility index (Phi) is 4.81. The monoisotopic (exact) mass is 379 g/mol. The predicted octanol–water partition coefficient (Wildman–Crippen LogP) is 4.13. The quantitative estimate of drug-likeness (QED) is 0.490. The van der Waals surface area contributed by atoms with Crippen LogP contribution in [0, 0.1) is 10.1 Å². The number of piperidine rings is 1. The molecule has 28 heavy (non-hydrogen) atoms. The summed E-state index contributed by atoms with van der Waals surface area (Å²) in [6, 6.07) is 12.6. The lowest BCUT2D eigenvalue weighted by Crippen LogP contribution is -2.40. The number of aryl methyl sites for hydroxylation is 1. The summed E-state index contributed by atoms with van der Waals surface area (Å²) in [5, 5.41) is 15.0. The zero-order chi connectivity index (χ0) is 19.7. The van der Waals surface area contributed by atoms with E-state index in [4.69, 9.17) is 0 Å². The highest BCUT2D eigenvalue weighted by atomic mass is 16.6. The summed E-state index contributed by atoms with van der Waals surface area (Å²) >= 11 is 0. The minimum absolute atomic E-state index is 0.00671. The number of carbonyl (C=O) groups excluding carboxylic acids is 2. The Morgan fingerprint density at radius 2 is 1.75 bits per heavy atom. The van der Waals surface area contributed by atoms with Crippen LogP contribution in [0.4, 0.5) is 17.1 Å². The number of amides is 2. The van der Waals surface area contributed by atoms with E-state index >= 15 is 0 Å². The second-order valence-electron chi connectivity index (χ2n) is 7.22. The van der Waals surface area contributed by atoms with Gasteiger partial charge < -0.3 is 5.32 Å². The van der Waals surface area contributed by atoms with Gasteiger partial charge in [0.2, 0.25) is 11.8 Å². The third kappa shape index (κ3) is 3.35. The molecule has 0 radical (unpaired) electrons. The highest BCUT2D eigenvalue weighted by Gasteiger charge is 2.30. The molecule has 2 aromatic carbocycles. The summed E-state index contributed by atoms with van der Waals surface area (Å²) in [6.07, 6.45) is 3.98. The van der Waals surface area contributed by atoms with Crippen molar-refractivity contribution >= 4 is 28.9 Å². The van der Waals surface area contributed by atoms with E-state index < -0.39 is 4.92 Å². The smallest absolute Gasteiger partial charge is 0.294 e. The number of rotatable bonds is 4. The molecule has 1 N–H and O–H groups in total. The van der Waals surface area contributed by atoms with Crippen molar-refractivity contribution in [3.8, 4) is 0 Å². The number of nitro benzene ring substituents is 1. The van der Waals surface area contributed by atoms with E-state index in [0.717, 1.165) is 29.7 Å². The molecule has 0 saturated carbocycles. The molecule has 7 heteroatoms. The van der Waals surface area contributed by atoms with Crippen molar-refractivity contribution in [2.75, 3.05) is 10.2 Å². The molecule has 2 aliphatic rings. The number of fused-ring (bicyclic) bond motifs is 1. The average molecular weight is 379 g/mol. The largest absolute Gasteiger partial charge is 0.373 e. The summed E-state index contributed by atoms with van der Waals surface area (Å²) in [5.74, 6) is -0.625. The van der Waals surface area contributed by atoms with Crippen LogP contribution in [0.2, 0.25) is 0 Å². The lowest BCUT2D eigenvalue weighted by atomic mass is 9.87. The number of carbonyl (C=O) groups is 2. The topological polar surface area (TPSA) is 92.6 Å². The van der Waals surface area contributed by atoms with Gasteiger partial charge in [-0.15, -0.1) is 0 Å². The summed E-state index contributed by atoms with van der Waals surface area (Å²) in [6.45, 7) is 0. The number of nitro groups is 1. The van der Waals surface area contributed by atoms with E-state index in [1.54, 1.807) is 12.1 Å². The van der Waals surface area contributed by atoms with Crippen LogP contribution in [0.1, 0.15) is 49.3 Å². The molecular weight excluding hydrogens is 358 g/mol. The van der Waals surface area contributed by atoms with Gasteiger partial charge in [-0.25, -0.2) is 0 Å². The molecule has 1 unspecified atom stereocenters. The maximum atomic E-state index is 12.1. The van der Waals surface area contributed by atoms with E-state index in [-0.39, 0.29) is 42.1 Å². The number of anilines is 2. The zero-order valence-corrected chi connectivity index (χ0v) is 15.4. The van der Waals surface area contributed by atoms with Crippen molar-refractivity contribution in [2.24, 2.45) is 0 Å². The van der Waals surface area contributed by atoms with Crippen molar-refractivity contribution in [1.29, 1.82) is 0 Å². The first kappa shape index (κ1) is 18.2. The summed E-state index contributed by atoms with van der Waals surface area (Å²) in [7, 11) is 0. The number of nitrogens with one attached hydrogen (secondary N) is 1. The van der Waals surface area contributed by atoms with Gasteiger partial charge in [0.05, 0.1) is 16.7 Å². The number of nitrogens with zero attached hydrogens (tertiary/aromatic N) is 2. The minimum atomic E-state index is -0.473. The van der Waals surface area contributed by atoms with Gasteiger partial charge in [-0.3, -0.25) is 24.6 Å². The summed E-state index contributed by atoms with van der Waals surface area (Å²) in [5.41, 5.74) is 2.94. The molecule has 0 bridgehead atoms. The molecule has 1 fully saturated rings. The molecule has 1 saturated heterocycles. The van der Waals surface area contributed by atoms with Crippen LogP contribution in [-0.4, -0.2) is 16.7 Å². The van der Waals surface area contributed by atoms with E-state index in [1.165, 1.54) is 11.6 Å². The summed E-state index contributed by atoms with van der Waals surface area (Å²) in [4.78, 5) is 36.6. The Labute approximate surface area is 162 Å². The van der Waals surface area contributed by atoms with Crippen molar-refractivity contribution in [3.63, 3.8) is 0 Å². The number of imide groups is 1. The first-order valence-electron chi connectivity index (χ1n) is 9.53. The van der Waals surface area contributed by atoms with Crippen LogP contribution >= 0.6 is 0 Å². The van der Waals surface area contributed by atoms with Gasteiger partial charge in [-0.1, -0.05) is 24.3 Å². The van der Waals surface area contributed by atoms with Gasteiger partial charge in [0, 0.05) is 18.9 Å². The highest BCUT2D eigenvalue weighted by Crippen LogP contribution is 2.37. The highest BCUT2D eigenvalue weighted by molar-refractivity contribution is 6.16. The molecular formula is C21H21N3O4. The minimum Gasteiger partial charge on any atom is -0.373 e. The SMILES string of the molecule is O=C1CCCC(=O)N1c1ccc(NC2CCCc3ccccc32)c([N+](=O)[O-])c1. The van der Waals surface area contributed by atoms with Gasteiger partial charge in [0.15, 0.2) is 0 Å². The Balaban J connectivity index is 1.66. The molecule has 2 aromatic rings. The Hall–Kier alpha value is -3.22. The first-order valence-corrected chi connectivity index (χ1v) is 9.53. The van der Waals surface area contributed by atoms with Gasteiger partial charge >= 0.3 is 0 Å². The van der Waals surface area contributed by atoms with Crippen LogP contribution in [0.3, 0.4) is 0 Å². The fourth-order valence-corrected chi connectivity index (χ4v) is 4.07. The first-order chi connectivity index (χ1) is 13.5. The molecule has 1 aliphatic carbocycles. The fourth-order valence-electron chi connectivity index (χ4n) is 4.07. The predicted molar refractivity (Wildman–Crippen MR) is 105 cm³/mol. The van der Waals surface area contributed by atoms with Gasteiger partial charge in [-0.05, 0) is 48.9 Å². The maximum absolute atomic E-state index is 12.1. The molecule has 0 spiro atoms. The lowest BCUT2D eigenvalue weighted by Gasteiger charge is -2.28. The van der Waals surface area contributed by atoms with E-state index in [9.17, 15) is 19.7 Å². The van der Waals surface area contributed by atoms with E-state index in [1.807, 2.05) is 12.1 Å². The lowest BCUT2D eigenvalue weighted by molar-refractivity contribution is -0.383. The normalized spacial score (nSPS) is 19.3. The fraction of sp³-hybridized carbons (Fsp3) is 0.333. The van der Waals surface area contributed by atoms with Gasteiger partial charge in [0.1, 0.15) is 5.69 Å². The molecule has 1 aliphatic heterocycles. The maximum Gasteiger partial charge on any atom is 0.294 e. The molecule has 1 atom stereocenters. The molecule has 1 heterocycles. The molecule has 4 rings (SSSR count).